The van der Waals surface area contributed by atoms with Gasteiger partial charge in [0.25, 0.3) is 0 Å². The van der Waals surface area contributed by atoms with E-state index in [1.165, 1.54) is 16.7 Å². The summed E-state index contributed by atoms with van der Waals surface area (Å²) in [5, 5.41) is 0. The van der Waals surface area contributed by atoms with Gasteiger partial charge in [0.05, 0.1) is 0 Å². The van der Waals surface area contributed by atoms with Crippen LogP contribution < -0.4 is 9.05 Å². The maximum absolute atomic E-state index is 5.64. The molecule has 0 N–H and O–H groups in total. The Bertz CT molecular complexity index is 600. The molecule has 2 aromatic rings. The molecule has 0 aliphatic carbocycles. The molecule has 0 aromatic heterocycles. The molecule has 3 nitrogen and oxygen atoms in total. The first-order valence-electron chi connectivity index (χ1n) is 6.29. The molecule has 2 aromatic carbocycles. The van der Waals surface area contributed by atoms with Crippen molar-refractivity contribution >= 4 is 17.6 Å². The average molecular weight is 305 g/mol. The zero-order chi connectivity index (χ0) is 14.4. The molecule has 2 rings (SSSR count). The van der Waals surface area contributed by atoms with E-state index in [4.69, 9.17) is 9.05 Å². The summed E-state index contributed by atoms with van der Waals surface area (Å²) in [4.78, 5) is 0. The van der Waals surface area contributed by atoms with Crippen LogP contribution in [-0.2, 0) is 0 Å². The fourth-order valence-electron chi connectivity index (χ4n) is 1.67. The minimum absolute atomic E-state index is 0.0407. The Hall–Kier alpha value is -1.43. The van der Waals surface area contributed by atoms with Gasteiger partial charge in [-0.2, -0.15) is 4.52 Å². The van der Waals surface area contributed by atoms with Crippen LogP contribution in [0.25, 0.3) is 0 Å². The first-order chi connectivity index (χ1) is 9.68. The number of hydrogen-bond acceptors (Lipinski definition) is 3. The van der Waals surface area contributed by atoms with Gasteiger partial charge < -0.3 is 9.05 Å². The van der Waals surface area contributed by atoms with Crippen LogP contribution in [0.4, 0.5) is 0 Å². The lowest BCUT2D eigenvalue weighted by Crippen LogP contribution is -1.89. The second kappa shape index (κ2) is 7.38. The molecule has 0 saturated heterocycles. The molecule has 0 fully saturated rings. The second-order valence-corrected chi connectivity index (χ2v) is 5.94. The molecule has 0 spiro atoms. The molecule has 0 aliphatic rings. The largest absolute Gasteiger partial charge is 0.454 e. The van der Waals surface area contributed by atoms with Gasteiger partial charge >= 0.3 is 0 Å². The van der Waals surface area contributed by atoms with E-state index in [9.17, 15) is 0 Å². The van der Waals surface area contributed by atoms with Crippen LogP contribution in [0.3, 0.4) is 0 Å². The van der Waals surface area contributed by atoms with Crippen molar-refractivity contribution < 1.29 is 9.05 Å². The minimum Gasteiger partial charge on any atom is -0.454 e. The predicted octanol–water partition coefficient (Wildman–Crippen LogP) is 5.62. The summed E-state index contributed by atoms with van der Waals surface area (Å²) in [5.41, 5.74) is 3.71. The van der Waals surface area contributed by atoms with E-state index in [0.717, 1.165) is 11.5 Å². The number of aryl methyl sites for hydroxylation is 1. The van der Waals surface area contributed by atoms with E-state index >= 15 is 0 Å². The molecule has 1 atom stereocenters. The molecular weight excluding hydrogens is 288 g/mol. The zero-order valence-corrected chi connectivity index (χ0v) is 13.6. The Morgan fingerprint density at radius 1 is 0.950 bits per heavy atom. The van der Waals surface area contributed by atoms with Crippen LogP contribution in [0.15, 0.2) is 47.0 Å². The molecule has 0 amide bonds. The third-order valence-corrected chi connectivity index (χ3v) is 4.39. The van der Waals surface area contributed by atoms with Crippen molar-refractivity contribution in [3.8, 4) is 11.5 Å². The summed E-state index contributed by atoms with van der Waals surface area (Å²) >= 11 is 0. The van der Waals surface area contributed by atoms with E-state index in [1.807, 2.05) is 36.4 Å². The van der Waals surface area contributed by atoms with Gasteiger partial charge in [0.1, 0.15) is 11.5 Å². The van der Waals surface area contributed by atoms with E-state index in [-0.39, 0.29) is 8.96 Å². The lowest BCUT2D eigenvalue weighted by molar-refractivity contribution is 0.623. The normalized spacial score (nSPS) is 11.3. The van der Waals surface area contributed by atoms with Crippen LogP contribution in [0.5, 0.6) is 11.5 Å². The van der Waals surface area contributed by atoms with Crippen molar-refractivity contribution in [2.24, 2.45) is 4.52 Å². The third kappa shape index (κ3) is 4.03. The van der Waals surface area contributed by atoms with Crippen molar-refractivity contribution in [2.75, 3.05) is 0 Å². The van der Waals surface area contributed by atoms with Crippen molar-refractivity contribution in [1.82, 2.24) is 0 Å². The number of para-hydroxylation sites is 1. The Kier molecular flexibility index (Phi) is 5.52. The Labute approximate surface area is 123 Å². The molecule has 0 bridgehead atoms. The predicted molar refractivity (Wildman–Crippen MR) is 86.0 cm³/mol. The minimum atomic E-state index is 0.0407. The van der Waals surface area contributed by atoms with E-state index in [0.29, 0.717) is 8.60 Å². The molecular formula is C15H17NO2P2. The lowest BCUT2D eigenvalue weighted by atomic mass is 10.0. The molecule has 0 radical (unpaired) electrons. The molecule has 20 heavy (non-hydrogen) atoms. The Morgan fingerprint density at radius 3 is 2.45 bits per heavy atom. The fraction of sp³-hybridized carbons (Fsp3) is 0.200. The summed E-state index contributed by atoms with van der Waals surface area (Å²) in [6, 6.07) is 13.7. The summed E-state index contributed by atoms with van der Waals surface area (Å²) in [5.74, 6) is 1.70. The van der Waals surface area contributed by atoms with Crippen molar-refractivity contribution in [1.29, 1.82) is 0 Å². The Balaban J connectivity index is 1.86. The quantitative estimate of drug-likeness (QED) is 0.671. The highest BCUT2D eigenvalue weighted by molar-refractivity contribution is 7.39. The van der Waals surface area contributed by atoms with Gasteiger partial charge in [-0.05, 0) is 55.7 Å². The highest BCUT2D eigenvalue weighted by Gasteiger charge is 2.03. The number of benzene rings is 2. The number of nitrogens with zero attached hydrogens (tertiary/aromatic N) is 1. The van der Waals surface area contributed by atoms with Gasteiger partial charge in [-0.1, -0.05) is 24.3 Å². The number of hydrogen-bond donors (Lipinski definition) is 0. The summed E-state index contributed by atoms with van der Waals surface area (Å²) in [7, 11) is 0.606. The molecule has 5 heteroatoms. The lowest BCUT2D eigenvalue weighted by Gasteiger charge is -2.08. The van der Waals surface area contributed by atoms with Gasteiger partial charge in [-0.25, -0.2) is 0 Å². The van der Waals surface area contributed by atoms with Crippen molar-refractivity contribution in [3.05, 3.63) is 59.2 Å². The molecule has 0 aliphatic heterocycles. The molecule has 1 unspecified atom stereocenters. The fourth-order valence-corrected chi connectivity index (χ4v) is 2.66. The van der Waals surface area contributed by atoms with Gasteiger partial charge in [-0.3, -0.25) is 0 Å². The van der Waals surface area contributed by atoms with Crippen LogP contribution in [-0.4, -0.2) is 0 Å². The average Bonchev–Trinajstić information content (AvgIpc) is 2.48. The SMILES string of the molecule is Cc1ccc(OP=NPOc2ccccc2)c(C)c1C. The van der Waals surface area contributed by atoms with E-state index in [1.54, 1.807) is 0 Å². The standard InChI is InChI=1S/C15H17NO2P2/c1-11-9-10-15(13(3)12(11)2)18-20-16-19-17-14-7-5-4-6-8-14/h4-10,19H,1-3H3. The number of rotatable bonds is 5. The van der Waals surface area contributed by atoms with Gasteiger partial charge in [0, 0.05) is 0 Å². The molecule has 0 saturated carbocycles. The maximum atomic E-state index is 5.64. The third-order valence-electron chi connectivity index (χ3n) is 3.14. The second-order valence-electron chi connectivity index (χ2n) is 4.41. The smallest absolute Gasteiger partial charge is 0.249 e. The Morgan fingerprint density at radius 2 is 1.70 bits per heavy atom. The maximum Gasteiger partial charge on any atom is 0.249 e. The topological polar surface area (TPSA) is 30.8 Å². The summed E-state index contributed by atoms with van der Waals surface area (Å²) in [6.45, 7) is 6.27. The van der Waals surface area contributed by atoms with Crippen molar-refractivity contribution in [3.63, 3.8) is 0 Å². The van der Waals surface area contributed by atoms with Gasteiger partial charge in [0.15, 0.2) is 0 Å². The molecule has 104 valence electrons. The summed E-state index contributed by atoms with van der Waals surface area (Å²) < 4.78 is 15.3. The summed E-state index contributed by atoms with van der Waals surface area (Å²) in [6.07, 6.45) is 0. The van der Waals surface area contributed by atoms with Crippen LogP contribution in [0.1, 0.15) is 16.7 Å². The zero-order valence-electron chi connectivity index (χ0n) is 11.8. The van der Waals surface area contributed by atoms with E-state index < -0.39 is 0 Å². The van der Waals surface area contributed by atoms with Gasteiger partial charge in [-0.15, -0.1) is 0 Å². The first kappa shape index (κ1) is 15.0. The van der Waals surface area contributed by atoms with Crippen LogP contribution in [0.2, 0.25) is 0 Å². The van der Waals surface area contributed by atoms with E-state index in [2.05, 4.69) is 31.4 Å². The van der Waals surface area contributed by atoms with Crippen molar-refractivity contribution in [2.45, 2.75) is 20.8 Å². The van der Waals surface area contributed by atoms with Gasteiger partial charge in [0.2, 0.25) is 17.6 Å². The highest BCUT2D eigenvalue weighted by Crippen LogP contribution is 2.29. The first-order valence-corrected chi connectivity index (χ1v) is 7.91. The van der Waals surface area contributed by atoms with Crippen LogP contribution in [0, 0.1) is 20.8 Å². The van der Waals surface area contributed by atoms with Crippen LogP contribution >= 0.6 is 17.6 Å². The highest BCUT2D eigenvalue weighted by atomic mass is 31.1. The molecule has 0 heterocycles. The monoisotopic (exact) mass is 305 g/mol.